The standard InChI is InChI=1S/C24H24N6O5/c1-35-12-11-29-22(21(23(33)28-24(29)34)26-13-16-7-3-2-4-8-16)27-19(31)15-30-18-10-6-5-9-17(18)25-14-20(30)32/h2-10,14,26H,11-13,15H2,1H3,(H,27,31)(H,28,33,34). The summed E-state index contributed by atoms with van der Waals surface area (Å²) in [6, 6.07) is 16.3. The van der Waals surface area contributed by atoms with Crippen LogP contribution < -0.4 is 27.4 Å². The topological polar surface area (TPSA) is 140 Å². The Morgan fingerprint density at radius 3 is 2.54 bits per heavy atom. The molecule has 180 valence electrons. The molecule has 0 aliphatic rings. The number of nitrogens with one attached hydrogen (secondary N) is 3. The van der Waals surface area contributed by atoms with Gasteiger partial charge in [0.25, 0.3) is 11.1 Å². The van der Waals surface area contributed by atoms with Crippen molar-refractivity contribution in [2.75, 3.05) is 24.4 Å². The number of benzene rings is 2. The SMILES string of the molecule is COCCn1c(NC(=O)Cn2c(=O)cnc3ccccc32)c(NCc2ccccc2)c(=O)[nH]c1=O. The second-order valence-corrected chi connectivity index (χ2v) is 7.69. The molecule has 11 heteroatoms. The zero-order valence-electron chi connectivity index (χ0n) is 19.0. The third-order valence-electron chi connectivity index (χ3n) is 5.34. The molecule has 0 atom stereocenters. The monoisotopic (exact) mass is 476 g/mol. The van der Waals surface area contributed by atoms with Gasteiger partial charge in [-0.05, 0) is 17.7 Å². The first-order valence-electron chi connectivity index (χ1n) is 10.9. The minimum absolute atomic E-state index is 0.0110. The van der Waals surface area contributed by atoms with Crippen LogP contribution >= 0.6 is 0 Å². The van der Waals surface area contributed by atoms with Gasteiger partial charge in [-0.25, -0.2) is 9.78 Å². The fourth-order valence-corrected chi connectivity index (χ4v) is 3.64. The molecule has 3 N–H and O–H groups in total. The molecule has 0 bridgehead atoms. The van der Waals surface area contributed by atoms with Gasteiger partial charge in [0.1, 0.15) is 18.1 Å². The van der Waals surface area contributed by atoms with Crippen LogP contribution in [0.25, 0.3) is 11.0 Å². The van der Waals surface area contributed by atoms with E-state index in [-0.39, 0.29) is 37.7 Å². The Morgan fingerprint density at radius 2 is 1.77 bits per heavy atom. The second kappa shape index (κ2) is 10.6. The number of H-pyrrole nitrogens is 1. The minimum atomic E-state index is -0.695. The van der Waals surface area contributed by atoms with Gasteiger partial charge in [0.2, 0.25) is 5.91 Å². The van der Waals surface area contributed by atoms with E-state index < -0.39 is 22.7 Å². The Kier molecular flexibility index (Phi) is 7.17. The number of fused-ring (bicyclic) bond motifs is 1. The third kappa shape index (κ3) is 5.36. The number of ether oxygens (including phenoxy) is 1. The molecular formula is C24H24N6O5. The van der Waals surface area contributed by atoms with Crippen molar-refractivity contribution in [2.24, 2.45) is 0 Å². The zero-order valence-corrected chi connectivity index (χ0v) is 19.0. The number of aromatic amines is 1. The predicted octanol–water partition coefficient (Wildman–Crippen LogP) is 1.14. The van der Waals surface area contributed by atoms with E-state index in [9.17, 15) is 19.2 Å². The first-order valence-corrected chi connectivity index (χ1v) is 10.9. The lowest BCUT2D eigenvalue weighted by Crippen LogP contribution is -2.37. The molecule has 4 rings (SSSR count). The van der Waals surface area contributed by atoms with Crippen LogP contribution in [0.15, 0.2) is 75.2 Å². The van der Waals surface area contributed by atoms with Crippen LogP contribution in [0.5, 0.6) is 0 Å². The van der Waals surface area contributed by atoms with Gasteiger partial charge in [0, 0.05) is 13.7 Å². The largest absolute Gasteiger partial charge is 0.383 e. The number of carbonyl (C=O) groups excluding carboxylic acids is 1. The Morgan fingerprint density at radius 1 is 1.03 bits per heavy atom. The van der Waals surface area contributed by atoms with Crippen LogP contribution in [0.2, 0.25) is 0 Å². The molecule has 0 spiro atoms. The average Bonchev–Trinajstić information content (AvgIpc) is 2.86. The average molecular weight is 476 g/mol. The summed E-state index contributed by atoms with van der Waals surface area (Å²) in [5.74, 6) is -0.606. The Bertz CT molecular complexity index is 1520. The minimum Gasteiger partial charge on any atom is -0.383 e. The van der Waals surface area contributed by atoms with Gasteiger partial charge in [-0.15, -0.1) is 0 Å². The number of anilines is 2. The van der Waals surface area contributed by atoms with Gasteiger partial charge >= 0.3 is 5.69 Å². The van der Waals surface area contributed by atoms with Crippen molar-refractivity contribution < 1.29 is 9.53 Å². The van der Waals surface area contributed by atoms with Gasteiger partial charge < -0.3 is 15.4 Å². The van der Waals surface area contributed by atoms with Gasteiger partial charge in [0.05, 0.1) is 30.4 Å². The molecule has 1 amide bonds. The molecule has 4 aromatic rings. The molecule has 0 radical (unpaired) electrons. The third-order valence-corrected chi connectivity index (χ3v) is 5.34. The molecule has 0 unspecified atom stereocenters. The summed E-state index contributed by atoms with van der Waals surface area (Å²) in [6.45, 7) is 0.191. The lowest BCUT2D eigenvalue weighted by molar-refractivity contribution is -0.116. The van der Waals surface area contributed by atoms with E-state index >= 15 is 0 Å². The fourth-order valence-electron chi connectivity index (χ4n) is 3.64. The Labute approximate surface area is 199 Å². The van der Waals surface area contributed by atoms with Crippen molar-refractivity contribution in [1.82, 2.24) is 19.1 Å². The maximum Gasteiger partial charge on any atom is 0.330 e. The molecule has 0 aliphatic carbocycles. The number of aromatic nitrogens is 4. The van der Waals surface area contributed by atoms with Crippen LogP contribution in [0, 0.1) is 0 Å². The number of methoxy groups -OCH3 is 1. The first-order chi connectivity index (χ1) is 17.0. The number of para-hydroxylation sites is 2. The van der Waals surface area contributed by atoms with Crippen LogP contribution in [0.1, 0.15) is 5.56 Å². The molecule has 2 heterocycles. The molecular weight excluding hydrogens is 452 g/mol. The van der Waals surface area contributed by atoms with E-state index in [1.165, 1.54) is 16.2 Å². The Hall–Kier alpha value is -4.51. The van der Waals surface area contributed by atoms with Crippen LogP contribution in [-0.4, -0.2) is 38.7 Å². The maximum absolute atomic E-state index is 13.1. The summed E-state index contributed by atoms with van der Waals surface area (Å²) in [6.07, 6.45) is 1.14. The maximum atomic E-state index is 13.1. The molecule has 0 saturated carbocycles. The van der Waals surface area contributed by atoms with E-state index in [4.69, 9.17) is 4.74 Å². The lowest BCUT2D eigenvalue weighted by atomic mass is 10.2. The number of carbonyl (C=O) groups is 1. The van der Waals surface area contributed by atoms with Crippen LogP contribution in [0.4, 0.5) is 11.5 Å². The van der Waals surface area contributed by atoms with Crippen molar-refractivity contribution in [2.45, 2.75) is 19.6 Å². The van der Waals surface area contributed by atoms with Gasteiger partial charge in [-0.2, -0.15) is 0 Å². The summed E-state index contributed by atoms with van der Waals surface area (Å²) in [5, 5.41) is 5.67. The number of amides is 1. The van der Waals surface area contributed by atoms with Crippen molar-refractivity contribution >= 4 is 28.4 Å². The summed E-state index contributed by atoms with van der Waals surface area (Å²) in [7, 11) is 1.48. The Balaban J connectivity index is 1.70. The summed E-state index contributed by atoms with van der Waals surface area (Å²) in [5.41, 5.74) is 0.126. The summed E-state index contributed by atoms with van der Waals surface area (Å²) in [4.78, 5) is 57.2. The van der Waals surface area contributed by atoms with Crippen LogP contribution in [0.3, 0.4) is 0 Å². The first kappa shape index (κ1) is 23.6. The molecule has 35 heavy (non-hydrogen) atoms. The normalized spacial score (nSPS) is 10.9. The van der Waals surface area contributed by atoms with Crippen molar-refractivity contribution in [1.29, 1.82) is 0 Å². The lowest BCUT2D eigenvalue weighted by Gasteiger charge is -2.18. The molecule has 0 aliphatic heterocycles. The molecule has 2 aromatic heterocycles. The zero-order chi connectivity index (χ0) is 24.8. The smallest absolute Gasteiger partial charge is 0.330 e. The summed E-state index contributed by atoms with van der Waals surface area (Å²) >= 11 is 0. The highest BCUT2D eigenvalue weighted by molar-refractivity contribution is 5.93. The van der Waals surface area contributed by atoms with Gasteiger partial charge in [0.15, 0.2) is 0 Å². The fraction of sp³-hybridized carbons (Fsp3) is 0.208. The van der Waals surface area contributed by atoms with E-state index in [2.05, 4.69) is 20.6 Å². The van der Waals surface area contributed by atoms with E-state index in [1.54, 1.807) is 24.3 Å². The predicted molar refractivity (Wildman–Crippen MR) is 132 cm³/mol. The number of hydrogen-bond acceptors (Lipinski definition) is 7. The highest BCUT2D eigenvalue weighted by Crippen LogP contribution is 2.17. The van der Waals surface area contributed by atoms with Crippen molar-refractivity contribution in [3.63, 3.8) is 0 Å². The second-order valence-electron chi connectivity index (χ2n) is 7.69. The molecule has 2 aromatic carbocycles. The van der Waals surface area contributed by atoms with Gasteiger partial charge in [-0.3, -0.25) is 28.5 Å². The van der Waals surface area contributed by atoms with E-state index in [0.29, 0.717) is 11.0 Å². The van der Waals surface area contributed by atoms with E-state index in [0.717, 1.165) is 11.8 Å². The molecule has 0 saturated heterocycles. The van der Waals surface area contributed by atoms with Gasteiger partial charge in [-0.1, -0.05) is 42.5 Å². The van der Waals surface area contributed by atoms with Crippen molar-refractivity contribution in [3.05, 3.63) is 97.5 Å². The summed E-state index contributed by atoms with van der Waals surface area (Å²) < 4.78 is 7.57. The highest BCUT2D eigenvalue weighted by Gasteiger charge is 2.18. The van der Waals surface area contributed by atoms with Crippen molar-refractivity contribution in [3.8, 4) is 0 Å². The van der Waals surface area contributed by atoms with E-state index in [1.807, 2.05) is 30.3 Å². The molecule has 11 nitrogen and oxygen atoms in total. The highest BCUT2D eigenvalue weighted by atomic mass is 16.5. The molecule has 0 fully saturated rings. The number of rotatable bonds is 9. The number of hydrogen-bond donors (Lipinski definition) is 3. The van der Waals surface area contributed by atoms with Crippen LogP contribution in [-0.2, 0) is 29.2 Å². The quantitative estimate of drug-likeness (QED) is 0.329. The number of nitrogens with zero attached hydrogens (tertiary/aromatic N) is 3.